The molecule has 4 heteroatoms. The molecule has 0 heterocycles. The molecule has 4 nitrogen and oxygen atoms in total. The highest BCUT2D eigenvalue weighted by Gasteiger charge is 2.09. The average molecular weight is 214 g/mol. The lowest BCUT2D eigenvalue weighted by Crippen LogP contribution is -2.02. The number of hydrogen-bond acceptors (Lipinski definition) is 4. The van der Waals surface area contributed by atoms with Crippen LogP contribution in [-0.2, 0) is 11.2 Å². The van der Waals surface area contributed by atoms with Gasteiger partial charge in [0.25, 0.3) is 0 Å². The van der Waals surface area contributed by atoms with Gasteiger partial charge in [0.1, 0.15) is 0 Å². The fourth-order valence-corrected chi connectivity index (χ4v) is 1.33. The van der Waals surface area contributed by atoms with Gasteiger partial charge in [-0.05, 0) is 24.1 Å². The van der Waals surface area contributed by atoms with Crippen LogP contribution in [-0.4, -0.2) is 13.1 Å². The Morgan fingerprint density at radius 2 is 2.19 bits per heavy atom. The van der Waals surface area contributed by atoms with E-state index in [0.717, 1.165) is 5.56 Å². The van der Waals surface area contributed by atoms with Gasteiger partial charge in [-0.15, -0.1) is 0 Å². The number of nitrogens with zero attached hydrogens (tertiary/aromatic N) is 2. The lowest BCUT2D eigenvalue weighted by Gasteiger charge is -2.04. The lowest BCUT2D eigenvalue weighted by atomic mass is 10.0. The van der Waals surface area contributed by atoms with Crippen molar-refractivity contribution in [3.05, 3.63) is 34.9 Å². The van der Waals surface area contributed by atoms with Crippen molar-refractivity contribution in [2.45, 2.75) is 12.8 Å². The van der Waals surface area contributed by atoms with E-state index >= 15 is 0 Å². The fourth-order valence-electron chi connectivity index (χ4n) is 1.33. The minimum atomic E-state index is -0.469. The van der Waals surface area contributed by atoms with Crippen LogP contribution in [0.1, 0.15) is 27.9 Å². The van der Waals surface area contributed by atoms with E-state index in [1.165, 1.54) is 13.2 Å². The molecule has 0 saturated carbocycles. The van der Waals surface area contributed by atoms with Gasteiger partial charge in [0, 0.05) is 6.42 Å². The smallest absolute Gasteiger partial charge is 0.337 e. The van der Waals surface area contributed by atoms with E-state index in [2.05, 4.69) is 4.74 Å². The Balaban J connectivity index is 3.04. The first-order valence-corrected chi connectivity index (χ1v) is 4.71. The first kappa shape index (κ1) is 11.7. The van der Waals surface area contributed by atoms with Gasteiger partial charge in [-0.25, -0.2) is 4.79 Å². The Hall–Kier alpha value is -2.33. The Labute approximate surface area is 93.7 Å². The Morgan fingerprint density at radius 1 is 1.44 bits per heavy atom. The van der Waals surface area contributed by atoms with Crippen molar-refractivity contribution in [3.63, 3.8) is 0 Å². The molecule has 1 aromatic rings. The summed E-state index contributed by atoms with van der Waals surface area (Å²) in [6.45, 7) is 0. The molecule has 0 amide bonds. The number of carbonyl (C=O) groups excluding carboxylic acids is 1. The second-order valence-corrected chi connectivity index (χ2v) is 3.13. The quantitative estimate of drug-likeness (QED) is 0.719. The molecule has 16 heavy (non-hydrogen) atoms. The molecule has 0 radical (unpaired) electrons. The maximum atomic E-state index is 11.2. The van der Waals surface area contributed by atoms with Crippen LogP contribution in [0.5, 0.6) is 0 Å². The van der Waals surface area contributed by atoms with Crippen LogP contribution in [0.15, 0.2) is 18.2 Å². The van der Waals surface area contributed by atoms with Crippen LogP contribution >= 0.6 is 0 Å². The van der Waals surface area contributed by atoms with E-state index in [1.807, 2.05) is 12.1 Å². The van der Waals surface area contributed by atoms with Gasteiger partial charge in [-0.1, -0.05) is 6.07 Å². The Morgan fingerprint density at radius 3 is 2.75 bits per heavy atom. The number of carbonyl (C=O) groups is 1. The van der Waals surface area contributed by atoms with Crippen LogP contribution < -0.4 is 0 Å². The normalized spacial score (nSPS) is 8.94. The summed E-state index contributed by atoms with van der Waals surface area (Å²) in [5.41, 5.74) is 1.54. The fraction of sp³-hybridized carbons (Fsp3) is 0.250. The van der Waals surface area contributed by atoms with Gasteiger partial charge < -0.3 is 4.74 Å². The summed E-state index contributed by atoms with van der Waals surface area (Å²) in [5.74, 6) is -0.469. The Kier molecular flexibility index (Phi) is 4.06. The molecule has 0 atom stereocenters. The first-order valence-electron chi connectivity index (χ1n) is 4.71. The van der Waals surface area contributed by atoms with Crippen LogP contribution in [0.25, 0.3) is 0 Å². The van der Waals surface area contributed by atoms with Crippen molar-refractivity contribution in [1.29, 1.82) is 10.5 Å². The van der Waals surface area contributed by atoms with Crippen LogP contribution in [0.3, 0.4) is 0 Å². The molecule has 0 aliphatic heterocycles. The number of ether oxygens (including phenoxy) is 1. The maximum Gasteiger partial charge on any atom is 0.337 e. The molecule has 0 bridgehead atoms. The van der Waals surface area contributed by atoms with Gasteiger partial charge in [0.05, 0.1) is 30.4 Å². The summed E-state index contributed by atoms with van der Waals surface area (Å²) < 4.78 is 4.56. The molecule has 1 aromatic carbocycles. The van der Waals surface area contributed by atoms with E-state index in [-0.39, 0.29) is 0 Å². The molecule has 80 valence electrons. The van der Waals surface area contributed by atoms with Gasteiger partial charge in [0.2, 0.25) is 0 Å². The number of esters is 1. The molecule has 0 aliphatic rings. The number of hydrogen-bond donors (Lipinski definition) is 0. The van der Waals surface area contributed by atoms with Crippen LogP contribution in [0.2, 0.25) is 0 Å². The topological polar surface area (TPSA) is 73.9 Å². The zero-order valence-electron chi connectivity index (χ0n) is 8.86. The number of benzene rings is 1. The van der Waals surface area contributed by atoms with Gasteiger partial charge in [-0.2, -0.15) is 10.5 Å². The largest absolute Gasteiger partial charge is 0.465 e. The maximum absolute atomic E-state index is 11.2. The summed E-state index contributed by atoms with van der Waals surface area (Å²) in [7, 11) is 1.29. The molecule has 0 fully saturated rings. The van der Waals surface area contributed by atoms with Crippen molar-refractivity contribution in [3.8, 4) is 12.1 Å². The third kappa shape index (κ3) is 2.59. The number of aryl methyl sites for hydroxylation is 1. The predicted molar refractivity (Wildman–Crippen MR) is 56.4 cm³/mol. The molecular weight excluding hydrogens is 204 g/mol. The van der Waals surface area contributed by atoms with E-state index in [4.69, 9.17) is 10.5 Å². The van der Waals surface area contributed by atoms with Gasteiger partial charge >= 0.3 is 5.97 Å². The monoisotopic (exact) mass is 214 g/mol. The van der Waals surface area contributed by atoms with E-state index in [9.17, 15) is 4.79 Å². The Bertz CT molecular complexity index is 481. The van der Waals surface area contributed by atoms with Crippen LogP contribution in [0.4, 0.5) is 0 Å². The van der Waals surface area contributed by atoms with Gasteiger partial charge in [0.15, 0.2) is 0 Å². The summed E-state index contributed by atoms with van der Waals surface area (Å²) in [6.07, 6.45) is 0.868. The molecular formula is C12H10N2O2. The zero-order valence-corrected chi connectivity index (χ0v) is 8.86. The van der Waals surface area contributed by atoms with Gasteiger partial charge in [-0.3, -0.25) is 0 Å². The van der Waals surface area contributed by atoms with Crippen molar-refractivity contribution in [1.82, 2.24) is 0 Å². The number of nitriles is 2. The SMILES string of the molecule is COC(=O)c1ccc(CCC#N)c(C#N)c1. The third-order valence-corrected chi connectivity index (χ3v) is 2.16. The highest BCUT2D eigenvalue weighted by atomic mass is 16.5. The van der Waals surface area contributed by atoms with Crippen LogP contribution in [0, 0.1) is 22.7 Å². The van der Waals surface area contributed by atoms with E-state index in [1.54, 1.807) is 12.1 Å². The summed E-state index contributed by atoms with van der Waals surface area (Å²) in [4.78, 5) is 11.2. The second kappa shape index (κ2) is 5.53. The second-order valence-electron chi connectivity index (χ2n) is 3.13. The lowest BCUT2D eigenvalue weighted by molar-refractivity contribution is 0.0600. The summed E-state index contributed by atoms with van der Waals surface area (Å²) in [6, 6.07) is 8.79. The molecule has 0 spiro atoms. The number of rotatable bonds is 3. The molecule has 0 aromatic heterocycles. The molecule has 0 aliphatic carbocycles. The average Bonchev–Trinajstić information content (AvgIpc) is 2.35. The highest BCUT2D eigenvalue weighted by molar-refractivity contribution is 5.89. The predicted octanol–water partition coefficient (Wildman–Crippen LogP) is 1.80. The van der Waals surface area contributed by atoms with Crippen molar-refractivity contribution in [2.24, 2.45) is 0 Å². The van der Waals surface area contributed by atoms with Crippen molar-refractivity contribution in [2.75, 3.05) is 7.11 Å². The molecule has 1 rings (SSSR count). The third-order valence-electron chi connectivity index (χ3n) is 2.16. The highest BCUT2D eigenvalue weighted by Crippen LogP contribution is 2.13. The van der Waals surface area contributed by atoms with E-state index in [0.29, 0.717) is 24.0 Å². The zero-order chi connectivity index (χ0) is 12.0. The summed E-state index contributed by atoms with van der Waals surface area (Å²) >= 11 is 0. The number of methoxy groups -OCH3 is 1. The van der Waals surface area contributed by atoms with Crippen molar-refractivity contribution >= 4 is 5.97 Å². The van der Waals surface area contributed by atoms with Crippen molar-refractivity contribution < 1.29 is 9.53 Å². The minimum absolute atomic E-state index is 0.347. The standard InChI is InChI=1S/C12H10N2O2/c1-16-12(15)10-5-4-9(3-2-6-13)11(7-10)8-14/h4-5,7H,2-3H2,1H3. The first-order chi connectivity index (χ1) is 7.72. The molecule has 0 N–H and O–H groups in total. The summed E-state index contributed by atoms with van der Waals surface area (Å²) in [5, 5.41) is 17.4. The van der Waals surface area contributed by atoms with E-state index < -0.39 is 5.97 Å². The molecule has 0 unspecified atom stereocenters. The minimum Gasteiger partial charge on any atom is -0.465 e. The molecule has 0 saturated heterocycles.